The molecule has 0 spiro atoms. The average molecular weight is 294 g/mol. The van der Waals surface area contributed by atoms with E-state index in [1.54, 1.807) is 24.7 Å². The van der Waals surface area contributed by atoms with Gasteiger partial charge in [-0.25, -0.2) is 4.98 Å². The average Bonchev–Trinajstić information content (AvgIpc) is 2.30. The number of nitrogens with one attached hydrogen (secondary N) is 1. The van der Waals surface area contributed by atoms with Crippen LogP contribution in [0.2, 0.25) is 0 Å². The van der Waals surface area contributed by atoms with E-state index in [1.807, 2.05) is 6.92 Å². The molecule has 0 atom stereocenters. The first-order valence-corrected chi connectivity index (χ1v) is 5.87. The van der Waals surface area contributed by atoms with Crippen molar-refractivity contribution in [2.45, 2.75) is 13.5 Å². The molecule has 17 heavy (non-hydrogen) atoms. The summed E-state index contributed by atoms with van der Waals surface area (Å²) in [5, 5.41) is 3.12. The maximum atomic E-state index is 5.82. The number of hydrogen-bond donors (Lipinski definition) is 2. The first-order valence-electron chi connectivity index (χ1n) is 5.07. The maximum Gasteiger partial charge on any atom is 0.149 e. The van der Waals surface area contributed by atoms with Gasteiger partial charge in [-0.3, -0.25) is 9.97 Å². The van der Waals surface area contributed by atoms with Crippen LogP contribution in [0.1, 0.15) is 11.4 Å². The second-order valence-corrected chi connectivity index (χ2v) is 4.51. The van der Waals surface area contributed by atoms with Crippen molar-refractivity contribution in [1.29, 1.82) is 0 Å². The van der Waals surface area contributed by atoms with E-state index in [2.05, 4.69) is 36.2 Å². The van der Waals surface area contributed by atoms with Gasteiger partial charge < -0.3 is 11.1 Å². The van der Waals surface area contributed by atoms with Crippen LogP contribution in [0.15, 0.2) is 29.1 Å². The van der Waals surface area contributed by atoms with E-state index in [0.717, 1.165) is 15.9 Å². The normalized spacial score (nSPS) is 10.2. The van der Waals surface area contributed by atoms with Gasteiger partial charge in [-0.2, -0.15) is 0 Å². The highest BCUT2D eigenvalue weighted by atomic mass is 79.9. The molecule has 0 aliphatic carbocycles. The number of nitrogens with two attached hydrogens (primary N) is 1. The van der Waals surface area contributed by atoms with Crippen molar-refractivity contribution in [1.82, 2.24) is 15.0 Å². The number of anilines is 2. The van der Waals surface area contributed by atoms with Crippen molar-refractivity contribution in [3.05, 3.63) is 40.5 Å². The summed E-state index contributed by atoms with van der Waals surface area (Å²) in [6.45, 7) is 2.45. The lowest BCUT2D eigenvalue weighted by Crippen LogP contribution is -2.06. The van der Waals surface area contributed by atoms with Crippen LogP contribution in [0.3, 0.4) is 0 Å². The fourth-order valence-corrected chi connectivity index (χ4v) is 1.64. The van der Waals surface area contributed by atoms with Crippen LogP contribution >= 0.6 is 15.9 Å². The molecule has 0 saturated carbocycles. The van der Waals surface area contributed by atoms with Gasteiger partial charge in [0, 0.05) is 16.9 Å². The quantitative estimate of drug-likeness (QED) is 0.907. The molecule has 0 amide bonds. The number of aryl methyl sites for hydroxylation is 1. The van der Waals surface area contributed by atoms with Gasteiger partial charge >= 0.3 is 0 Å². The molecule has 2 heterocycles. The van der Waals surface area contributed by atoms with Crippen LogP contribution in [0.25, 0.3) is 0 Å². The molecule has 0 bridgehead atoms. The van der Waals surface area contributed by atoms with Crippen molar-refractivity contribution < 1.29 is 0 Å². The molecule has 5 nitrogen and oxygen atoms in total. The van der Waals surface area contributed by atoms with Gasteiger partial charge in [-0.1, -0.05) is 0 Å². The highest BCUT2D eigenvalue weighted by Crippen LogP contribution is 2.19. The van der Waals surface area contributed by atoms with E-state index in [9.17, 15) is 0 Å². The Bertz CT molecular complexity index is 512. The molecular formula is C11H12BrN5. The highest BCUT2D eigenvalue weighted by Gasteiger charge is 2.02. The summed E-state index contributed by atoms with van der Waals surface area (Å²) in [7, 11) is 0. The molecule has 2 aromatic heterocycles. The summed E-state index contributed by atoms with van der Waals surface area (Å²) in [6.07, 6.45) is 5.16. The molecule has 2 aromatic rings. The minimum Gasteiger partial charge on any atom is -0.396 e. The van der Waals surface area contributed by atoms with E-state index >= 15 is 0 Å². The number of pyridine rings is 1. The molecule has 0 aromatic carbocycles. The molecule has 0 aliphatic heterocycles. The molecule has 88 valence electrons. The zero-order valence-electron chi connectivity index (χ0n) is 9.31. The molecule has 2 rings (SSSR count). The van der Waals surface area contributed by atoms with Gasteiger partial charge in [0.1, 0.15) is 5.82 Å². The zero-order valence-corrected chi connectivity index (χ0v) is 10.9. The Hall–Kier alpha value is -1.69. The Morgan fingerprint density at radius 3 is 2.71 bits per heavy atom. The second kappa shape index (κ2) is 5.09. The Morgan fingerprint density at radius 2 is 2.06 bits per heavy atom. The lowest BCUT2D eigenvalue weighted by molar-refractivity contribution is 0.977. The van der Waals surface area contributed by atoms with Crippen molar-refractivity contribution in [3.8, 4) is 0 Å². The van der Waals surface area contributed by atoms with E-state index in [4.69, 9.17) is 5.73 Å². The summed E-state index contributed by atoms with van der Waals surface area (Å²) in [5.41, 5.74) is 8.16. The van der Waals surface area contributed by atoms with Gasteiger partial charge in [0.05, 0.1) is 29.8 Å². The fourth-order valence-electron chi connectivity index (χ4n) is 1.29. The largest absolute Gasteiger partial charge is 0.396 e. The Balaban J connectivity index is 2.04. The van der Waals surface area contributed by atoms with E-state index < -0.39 is 0 Å². The van der Waals surface area contributed by atoms with Crippen LogP contribution in [-0.4, -0.2) is 15.0 Å². The summed E-state index contributed by atoms with van der Waals surface area (Å²) in [5.74, 6) is 0.649. The number of aromatic nitrogens is 3. The predicted molar refractivity (Wildman–Crippen MR) is 70.4 cm³/mol. The highest BCUT2D eigenvalue weighted by molar-refractivity contribution is 9.10. The van der Waals surface area contributed by atoms with Crippen LogP contribution in [-0.2, 0) is 6.54 Å². The van der Waals surface area contributed by atoms with E-state index in [0.29, 0.717) is 18.1 Å². The minimum atomic E-state index is 0.548. The van der Waals surface area contributed by atoms with Crippen LogP contribution in [0.4, 0.5) is 11.5 Å². The first kappa shape index (κ1) is 11.8. The molecule has 0 aliphatic rings. The minimum absolute atomic E-state index is 0.548. The molecule has 0 saturated heterocycles. The maximum absolute atomic E-state index is 5.82. The fraction of sp³-hybridized carbons (Fsp3) is 0.182. The van der Waals surface area contributed by atoms with Crippen LogP contribution in [0.5, 0.6) is 0 Å². The third-order valence-electron chi connectivity index (χ3n) is 2.16. The summed E-state index contributed by atoms with van der Waals surface area (Å²) in [4.78, 5) is 12.6. The topological polar surface area (TPSA) is 76.7 Å². The van der Waals surface area contributed by atoms with E-state index in [-0.39, 0.29) is 0 Å². The first-order chi connectivity index (χ1) is 8.15. The molecule has 3 N–H and O–H groups in total. The summed E-state index contributed by atoms with van der Waals surface area (Å²) >= 11 is 3.31. The third-order valence-corrected chi connectivity index (χ3v) is 2.59. The van der Waals surface area contributed by atoms with Crippen molar-refractivity contribution in [3.63, 3.8) is 0 Å². The SMILES string of the molecule is Cc1cnc(CNc2ncc(Br)cc2N)cn1. The molecule has 0 fully saturated rings. The number of nitrogens with zero attached hydrogens (tertiary/aromatic N) is 3. The number of rotatable bonds is 3. The molecule has 6 heteroatoms. The van der Waals surface area contributed by atoms with Gasteiger partial charge in [0.25, 0.3) is 0 Å². The van der Waals surface area contributed by atoms with Crippen LogP contribution < -0.4 is 11.1 Å². The smallest absolute Gasteiger partial charge is 0.149 e. The predicted octanol–water partition coefficient (Wildman–Crippen LogP) is 2.14. The second-order valence-electron chi connectivity index (χ2n) is 3.59. The van der Waals surface area contributed by atoms with Gasteiger partial charge in [0.2, 0.25) is 0 Å². The molecule has 0 radical (unpaired) electrons. The van der Waals surface area contributed by atoms with E-state index in [1.165, 1.54) is 0 Å². The summed E-state index contributed by atoms with van der Waals surface area (Å²) in [6, 6.07) is 1.80. The third kappa shape index (κ3) is 3.13. The number of hydrogen-bond acceptors (Lipinski definition) is 5. The van der Waals surface area contributed by atoms with Gasteiger partial charge in [-0.05, 0) is 28.9 Å². The number of nitrogen functional groups attached to an aromatic ring is 1. The van der Waals surface area contributed by atoms with Gasteiger partial charge in [0.15, 0.2) is 0 Å². The Morgan fingerprint density at radius 1 is 1.24 bits per heavy atom. The van der Waals surface area contributed by atoms with Crippen LogP contribution in [0, 0.1) is 6.92 Å². The number of halogens is 1. The monoisotopic (exact) mass is 293 g/mol. The van der Waals surface area contributed by atoms with Gasteiger partial charge in [-0.15, -0.1) is 0 Å². The lowest BCUT2D eigenvalue weighted by atomic mass is 10.3. The zero-order chi connectivity index (χ0) is 12.3. The Kier molecular flexibility index (Phi) is 3.53. The standard InChI is InChI=1S/C11H12BrN5/c1-7-3-15-9(5-14-7)6-17-11-10(13)2-8(12)4-16-11/h2-5H,6,13H2,1H3,(H,16,17). The molecular weight excluding hydrogens is 282 g/mol. The summed E-state index contributed by atoms with van der Waals surface area (Å²) < 4.78 is 0.857. The Labute approximate surface area is 108 Å². The van der Waals surface area contributed by atoms with Crippen molar-refractivity contribution in [2.24, 2.45) is 0 Å². The van der Waals surface area contributed by atoms with Crippen molar-refractivity contribution in [2.75, 3.05) is 11.1 Å². The lowest BCUT2D eigenvalue weighted by Gasteiger charge is -2.07. The van der Waals surface area contributed by atoms with Crippen molar-refractivity contribution >= 4 is 27.4 Å². The molecule has 0 unspecified atom stereocenters.